The summed E-state index contributed by atoms with van der Waals surface area (Å²) in [5.74, 6) is 0.919. The summed E-state index contributed by atoms with van der Waals surface area (Å²) in [5, 5.41) is 5.88. The van der Waals surface area contributed by atoms with Gasteiger partial charge < -0.3 is 10.6 Å². The van der Waals surface area contributed by atoms with Gasteiger partial charge in [-0.05, 0) is 50.6 Å². The van der Waals surface area contributed by atoms with Crippen molar-refractivity contribution in [2.75, 3.05) is 17.2 Å². The maximum absolute atomic E-state index is 12.3. The minimum atomic E-state index is -0.216. The molecule has 0 aliphatic rings. The van der Waals surface area contributed by atoms with Gasteiger partial charge in [0.05, 0.1) is 5.56 Å². The van der Waals surface area contributed by atoms with Crippen LogP contribution in [0.4, 0.5) is 11.6 Å². The molecule has 2 aromatic heterocycles. The number of hydrogen-bond acceptors (Lipinski definition) is 4. The Labute approximate surface area is 118 Å². The number of carbonyl (C=O) groups excluding carboxylic acids is 1. The van der Waals surface area contributed by atoms with Crippen molar-refractivity contribution in [2.24, 2.45) is 0 Å². The number of aryl methyl sites for hydroxylation is 2. The van der Waals surface area contributed by atoms with Crippen molar-refractivity contribution in [1.82, 2.24) is 9.97 Å². The van der Waals surface area contributed by atoms with E-state index < -0.39 is 0 Å². The lowest BCUT2D eigenvalue weighted by Crippen LogP contribution is -2.16. The molecule has 0 saturated heterocycles. The second-order valence-corrected chi connectivity index (χ2v) is 4.56. The predicted molar refractivity (Wildman–Crippen MR) is 80.1 cm³/mol. The van der Waals surface area contributed by atoms with Crippen LogP contribution in [-0.2, 0) is 0 Å². The van der Waals surface area contributed by atoms with Crippen LogP contribution >= 0.6 is 0 Å². The normalized spacial score (nSPS) is 10.2. The van der Waals surface area contributed by atoms with E-state index in [1.54, 1.807) is 18.3 Å². The molecule has 104 valence electrons. The van der Waals surface area contributed by atoms with E-state index in [1.165, 1.54) is 0 Å². The Hall–Kier alpha value is -2.43. The highest BCUT2D eigenvalue weighted by molar-refractivity contribution is 6.07. The maximum atomic E-state index is 12.3. The molecule has 2 aromatic rings. The summed E-state index contributed by atoms with van der Waals surface area (Å²) in [4.78, 5) is 20.8. The van der Waals surface area contributed by atoms with Crippen molar-refractivity contribution in [3.63, 3.8) is 0 Å². The number of amides is 1. The third kappa shape index (κ3) is 3.32. The first-order chi connectivity index (χ1) is 9.60. The van der Waals surface area contributed by atoms with Crippen molar-refractivity contribution >= 4 is 17.5 Å². The van der Waals surface area contributed by atoms with E-state index >= 15 is 0 Å². The van der Waals surface area contributed by atoms with Gasteiger partial charge in [-0.1, -0.05) is 0 Å². The number of nitrogens with one attached hydrogen (secondary N) is 2. The number of hydrogen-bond donors (Lipinski definition) is 2. The number of rotatable bonds is 4. The fourth-order valence-electron chi connectivity index (χ4n) is 1.99. The second-order valence-electron chi connectivity index (χ2n) is 4.56. The van der Waals surface area contributed by atoms with Gasteiger partial charge in [-0.3, -0.25) is 4.79 Å². The summed E-state index contributed by atoms with van der Waals surface area (Å²) in [6.07, 6.45) is 1.66. The molecule has 0 radical (unpaired) electrons. The number of pyridine rings is 2. The monoisotopic (exact) mass is 270 g/mol. The predicted octanol–water partition coefficient (Wildman–Crippen LogP) is 2.78. The van der Waals surface area contributed by atoms with Crippen molar-refractivity contribution in [3.05, 3.63) is 47.3 Å². The number of anilines is 2. The van der Waals surface area contributed by atoms with E-state index in [0.29, 0.717) is 23.7 Å². The average Bonchev–Trinajstić information content (AvgIpc) is 2.38. The van der Waals surface area contributed by atoms with E-state index in [9.17, 15) is 4.79 Å². The van der Waals surface area contributed by atoms with Crippen LogP contribution < -0.4 is 10.6 Å². The van der Waals surface area contributed by atoms with E-state index in [1.807, 2.05) is 32.9 Å². The third-order valence-corrected chi connectivity index (χ3v) is 2.74. The zero-order valence-corrected chi connectivity index (χ0v) is 11.9. The summed E-state index contributed by atoms with van der Waals surface area (Å²) < 4.78 is 0. The molecule has 0 atom stereocenters. The minimum Gasteiger partial charge on any atom is -0.370 e. The van der Waals surface area contributed by atoms with Crippen LogP contribution in [-0.4, -0.2) is 22.4 Å². The summed E-state index contributed by atoms with van der Waals surface area (Å²) in [6, 6.07) is 7.28. The number of nitrogens with zero attached hydrogens (tertiary/aromatic N) is 2. The first-order valence-electron chi connectivity index (χ1n) is 6.55. The lowest BCUT2D eigenvalue weighted by molar-refractivity contribution is 0.102. The van der Waals surface area contributed by atoms with Gasteiger partial charge in [0.1, 0.15) is 11.6 Å². The highest BCUT2D eigenvalue weighted by Crippen LogP contribution is 2.15. The van der Waals surface area contributed by atoms with E-state index in [-0.39, 0.29) is 5.91 Å². The van der Waals surface area contributed by atoms with Gasteiger partial charge in [0, 0.05) is 18.4 Å². The van der Waals surface area contributed by atoms with Crippen molar-refractivity contribution in [2.45, 2.75) is 20.8 Å². The molecular formula is C15H18N4O. The summed E-state index contributed by atoms with van der Waals surface area (Å²) >= 11 is 0. The van der Waals surface area contributed by atoms with Crippen molar-refractivity contribution < 1.29 is 4.79 Å². The zero-order valence-electron chi connectivity index (χ0n) is 11.9. The van der Waals surface area contributed by atoms with Crippen LogP contribution in [0.25, 0.3) is 0 Å². The van der Waals surface area contributed by atoms with Gasteiger partial charge in [-0.15, -0.1) is 0 Å². The molecular weight excluding hydrogens is 252 g/mol. The molecule has 0 bridgehead atoms. The summed E-state index contributed by atoms with van der Waals surface area (Å²) in [5.41, 5.74) is 2.44. The molecule has 20 heavy (non-hydrogen) atoms. The first-order valence-corrected chi connectivity index (χ1v) is 6.55. The largest absolute Gasteiger partial charge is 0.370 e. The Morgan fingerprint density at radius 1 is 1.30 bits per heavy atom. The molecule has 0 aliphatic carbocycles. The molecule has 2 N–H and O–H groups in total. The van der Waals surface area contributed by atoms with Crippen LogP contribution in [0.15, 0.2) is 30.5 Å². The van der Waals surface area contributed by atoms with Gasteiger partial charge >= 0.3 is 0 Å². The van der Waals surface area contributed by atoms with Crippen LogP contribution in [0, 0.1) is 13.8 Å². The SMILES string of the molecule is CCNc1ncccc1C(=O)Nc1cc(C)cc(C)n1. The Bertz CT molecular complexity index is 605. The lowest BCUT2D eigenvalue weighted by atomic mass is 10.2. The fraction of sp³-hybridized carbons (Fsp3) is 0.267. The highest BCUT2D eigenvalue weighted by Gasteiger charge is 2.12. The minimum absolute atomic E-state index is 0.216. The standard InChI is InChI=1S/C15H18N4O/c1-4-16-14-12(6-5-7-17-14)15(20)19-13-9-10(2)8-11(3)18-13/h5-9H,4H2,1-3H3,(H,16,17)(H,18,19,20). The molecule has 0 saturated carbocycles. The average molecular weight is 270 g/mol. The fourth-order valence-corrected chi connectivity index (χ4v) is 1.99. The maximum Gasteiger partial charge on any atom is 0.260 e. The molecule has 0 unspecified atom stereocenters. The lowest BCUT2D eigenvalue weighted by Gasteiger charge is -2.10. The molecule has 0 fully saturated rings. The summed E-state index contributed by atoms with van der Waals surface area (Å²) in [6.45, 7) is 6.54. The number of aromatic nitrogens is 2. The molecule has 2 heterocycles. The molecule has 2 rings (SSSR count). The van der Waals surface area contributed by atoms with Crippen molar-refractivity contribution in [1.29, 1.82) is 0 Å². The van der Waals surface area contributed by atoms with E-state index in [0.717, 1.165) is 11.3 Å². The topological polar surface area (TPSA) is 66.9 Å². The van der Waals surface area contributed by atoms with E-state index in [2.05, 4.69) is 20.6 Å². The van der Waals surface area contributed by atoms with Gasteiger partial charge in [-0.2, -0.15) is 0 Å². The zero-order chi connectivity index (χ0) is 14.5. The first kappa shape index (κ1) is 14.0. The Kier molecular flexibility index (Phi) is 4.30. The quantitative estimate of drug-likeness (QED) is 0.896. The van der Waals surface area contributed by atoms with Crippen LogP contribution in [0.2, 0.25) is 0 Å². The van der Waals surface area contributed by atoms with Gasteiger partial charge in [0.2, 0.25) is 0 Å². The van der Waals surface area contributed by atoms with Crippen LogP contribution in [0.3, 0.4) is 0 Å². The summed E-state index contributed by atoms with van der Waals surface area (Å²) in [7, 11) is 0. The van der Waals surface area contributed by atoms with E-state index in [4.69, 9.17) is 0 Å². The number of carbonyl (C=O) groups is 1. The smallest absolute Gasteiger partial charge is 0.260 e. The molecule has 0 aromatic carbocycles. The third-order valence-electron chi connectivity index (χ3n) is 2.74. The van der Waals surface area contributed by atoms with Gasteiger partial charge in [0.25, 0.3) is 5.91 Å². The Balaban J connectivity index is 2.23. The van der Waals surface area contributed by atoms with Gasteiger partial charge in [-0.25, -0.2) is 9.97 Å². The Morgan fingerprint density at radius 3 is 2.80 bits per heavy atom. The molecule has 5 nitrogen and oxygen atoms in total. The van der Waals surface area contributed by atoms with Crippen LogP contribution in [0.5, 0.6) is 0 Å². The molecule has 1 amide bonds. The Morgan fingerprint density at radius 2 is 2.10 bits per heavy atom. The molecule has 5 heteroatoms. The highest BCUT2D eigenvalue weighted by atomic mass is 16.1. The van der Waals surface area contributed by atoms with Gasteiger partial charge in [0.15, 0.2) is 0 Å². The van der Waals surface area contributed by atoms with Crippen LogP contribution in [0.1, 0.15) is 28.5 Å². The second kappa shape index (κ2) is 6.14. The van der Waals surface area contributed by atoms with Crippen molar-refractivity contribution in [3.8, 4) is 0 Å². The molecule has 0 spiro atoms. The molecule has 0 aliphatic heterocycles.